The standard InChI is InChI=1S/C16H24N2O4/c1-6-21-13-8-7-12(9-14(13)20-5)10-17-22-11-15(19)18-16(2,3)4/h7-10H,6,11H2,1-5H3,(H,18,19)/b17-10-. The zero-order valence-corrected chi connectivity index (χ0v) is 13.8. The molecule has 22 heavy (non-hydrogen) atoms. The van der Waals surface area contributed by atoms with Crippen molar-refractivity contribution in [3.05, 3.63) is 23.8 Å². The van der Waals surface area contributed by atoms with E-state index in [1.165, 1.54) is 6.21 Å². The van der Waals surface area contributed by atoms with Gasteiger partial charge in [-0.05, 0) is 45.9 Å². The van der Waals surface area contributed by atoms with Crippen LogP contribution in [0.3, 0.4) is 0 Å². The summed E-state index contributed by atoms with van der Waals surface area (Å²) in [6, 6.07) is 5.42. The van der Waals surface area contributed by atoms with Gasteiger partial charge in [-0.1, -0.05) is 5.16 Å². The van der Waals surface area contributed by atoms with Crippen molar-refractivity contribution in [2.24, 2.45) is 5.16 Å². The number of nitrogens with zero attached hydrogens (tertiary/aromatic N) is 1. The maximum absolute atomic E-state index is 11.5. The number of hydrogen-bond donors (Lipinski definition) is 1. The van der Waals surface area contributed by atoms with Gasteiger partial charge in [0.25, 0.3) is 5.91 Å². The van der Waals surface area contributed by atoms with Gasteiger partial charge in [-0.3, -0.25) is 4.79 Å². The molecule has 6 heteroatoms. The van der Waals surface area contributed by atoms with E-state index in [-0.39, 0.29) is 18.1 Å². The van der Waals surface area contributed by atoms with Gasteiger partial charge < -0.3 is 19.6 Å². The quantitative estimate of drug-likeness (QED) is 0.620. The van der Waals surface area contributed by atoms with E-state index in [2.05, 4.69) is 10.5 Å². The van der Waals surface area contributed by atoms with Crippen LogP contribution in [0.25, 0.3) is 0 Å². The van der Waals surface area contributed by atoms with E-state index in [9.17, 15) is 4.79 Å². The van der Waals surface area contributed by atoms with Crippen LogP contribution in [-0.2, 0) is 9.63 Å². The van der Waals surface area contributed by atoms with Crippen LogP contribution in [0.2, 0.25) is 0 Å². The van der Waals surface area contributed by atoms with Crippen LogP contribution in [0.15, 0.2) is 23.4 Å². The number of rotatable bonds is 7. The van der Waals surface area contributed by atoms with Gasteiger partial charge in [0.1, 0.15) is 0 Å². The molecule has 122 valence electrons. The van der Waals surface area contributed by atoms with Crippen LogP contribution < -0.4 is 14.8 Å². The molecule has 0 aromatic heterocycles. The Kier molecular flexibility index (Phi) is 6.69. The summed E-state index contributed by atoms with van der Waals surface area (Å²) >= 11 is 0. The first-order chi connectivity index (χ1) is 10.4. The van der Waals surface area contributed by atoms with E-state index in [1.807, 2.05) is 33.8 Å². The van der Waals surface area contributed by atoms with Crippen LogP contribution in [0.1, 0.15) is 33.3 Å². The fourth-order valence-electron chi connectivity index (χ4n) is 1.69. The van der Waals surface area contributed by atoms with E-state index in [1.54, 1.807) is 19.2 Å². The first-order valence-corrected chi connectivity index (χ1v) is 7.13. The molecule has 0 heterocycles. The molecule has 1 aromatic rings. The van der Waals surface area contributed by atoms with Crippen molar-refractivity contribution in [2.75, 3.05) is 20.3 Å². The van der Waals surface area contributed by atoms with Gasteiger partial charge >= 0.3 is 0 Å². The average molecular weight is 308 g/mol. The Morgan fingerprint density at radius 2 is 2.05 bits per heavy atom. The highest BCUT2D eigenvalue weighted by atomic mass is 16.6. The molecule has 0 saturated heterocycles. The highest BCUT2D eigenvalue weighted by Crippen LogP contribution is 2.27. The lowest BCUT2D eigenvalue weighted by atomic mass is 10.1. The molecule has 0 saturated carbocycles. The van der Waals surface area contributed by atoms with Crippen LogP contribution in [-0.4, -0.2) is 38.0 Å². The Morgan fingerprint density at radius 1 is 1.32 bits per heavy atom. The lowest BCUT2D eigenvalue weighted by Crippen LogP contribution is -2.42. The molecule has 1 N–H and O–H groups in total. The second-order valence-corrected chi connectivity index (χ2v) is 5.65. The number of benzene rings is 1. The normalized spacial score (nSPS) is 11.3. The summed E-state index contributed by atoms with van der Waals surface area (Å²) in [7, 11) is 1.58. The number of carbonyl (C=O) groups is 1. The van der Waals surface area contributed by atoms with Gasteiger partial charge in [0.2, 0.25) is 0 Å². The van der Waals surface area contributed by atoms with E-state index in [0.29, 0.717) is 18.1 Å². The zero-order valence-electron chi connectivity index (χ0n) is 13.8. The maximum atomic E-state index is 11.5. The van der Waals surface area contributed by atoms with Crippen molar-refractivity contribution in [2.45, 2.75) is 33.2 Å². The highest BCUT2D eigenvalue weighted by Gasteiger charge is 2.13. The molecule has 0 bridgehead atoms. The minimum Gasteiger partial charge on any atom is -0.493 e. The van der Waals surface area contributed by atoms with Crippen LogP contribution in [0, 0.1) is 0 Å². The predicted octanol–water partition coefficient (Wildman–Crippen LogP) is 2.36. The summed E-state index contributed by atoms with van der Waals surface area (Å²) in [5, 5.41) is 6.56. The summed E-state index contributed by atoms with van der Waals surface area (Å²) in [5.41, 5.74) is 0.503. The van der Waals surface area contributed by atoms with Crippen molar-refractivity contribution in [3.8, 4) is 11.5 Å². The summed E-state index contributed by atoms with van der Waals surface area (Å²) < 4.78 is 10.7. The lowest BCUT2D eigenvalue weighted by Gasteiger charge is -2.19. The number of hydrogen-bond acceptors (Lipinski definition) is 5. The molecule has 0 radical (unpaired) electrons. The highest BCUT2D eigenvalue weighted by molar-refractivity contribution is 5.81. The summed E-state index contributed by atoms with van der Waals surface area (Å²) in [5.74, 6) is 1.08. The molecule has 0 unspecified atom stereocenters. The van der Waals surface area contributed by atoms with Gasteiger partial charge in [-0.15, -0.1) is 0 Å². The molecule has 0 aliphatic heterocycles. The maximum Gasteiger partial charge on any atom is 0.261 e. The topological polar surface area (TPSA) is 69.2 Å². The Hall–Kier alpha value is -2.24. The molecule has 0 fully saturated rings. The van der Waals surface area contributed by atoms with Gasteiger partial charge in [-0.2, -0.15) is 0 Å². The Labute approximate surface area is 131 Å². The summed E-state index contributed by atoms with van der Waals surface area (Å²) in [4.78, 5) is 16.5. The largest absolute Gasteiger partial charge is 0.493 e. The minimum absolute atomic E-state index is 0.123. The van der Waals surface area contributed by atoms with E-state index in [4.69, 9.17) is 14.3 Å². The van der Waals surface area contributed by atoms with Crippen molar-refractivity contribution in [1.29, 1.82) is 0 Å². The van der Waals surface area contributed by atoms with Gasteiger partial charge in [-0.25, -0.2) is 0 Å². The number of ether oxygens (including phenoxy) is 2. The Balaban J connectivity index is 2.54. The average Bonchev–Trinajstić information content (AvgIpc) is 2.43. The van der Waals surface area contributed by atoms with Crippen LogP contribution in [0.4, 0.5) is 0 Å². The number of nitrogens with one attached hydrogen (secondary N) is 1. The van der Waals surface area contributed by atoms with Crippen molar-refractivity contribution in [3.63, 3.8) is 0 Å². The van der Waals surface area contributed by atoms with E-state index < -0.39 is 0 Å². The van der Waals surface area contributed by atoms with Gasteiger partial charge in [0.15, 0.2) is 18.1 Å². The molecule has 0 spiro atoms. The van der Waals surface area contributed by atoms with E-state index in [0.717, 1.165) is 5.56 Å². The third-order valence-electron chi connectivity index (χ3n) is 2.47. The third-order valence-corrected chi connectivity index (χ3v) is 2.47. The zero-order chi connectivity index (χ0) is 16.6. The monoisotopic (exact) mass is 308 g/mol. The molecule has 1 rings (SSSR count). The first kappa shape index (κ1) is 17.8. The number of methoxy groups -OCH3 is 1. The molecular formula is C16H24N2O4. The Morgan fingerprint density at radius 3 is 2.64 bits per heavy atom. The van der Waals surface area contributed by atoms with Crippen molar-refractivity contribution < 1.29 is 19.1 Å². The lowest BCUT2D eigenvalue weighted by molar-refractivity contribution is -0.127. The Bertz CT molecular complexity index is 521. The minimum atomic E-state index is -0.285. The predicted molar refractivity (Wildman–Crippen MR) is 85.6 cm³/mol. The van der Waals surface area contributed by atoms with Crippen molar-refractivity contribution >= 4 is 12.1 Å². The van der Waals surface area contributed by atoms with Crippen LogP contribution >= 0.6 is 0 Å². The molecular weight excluding hydrogens is 284 g/mol. The smallest absolute Gasteiger partial charge is 0.261 e. The second kappa shape index (κ2) is 8.26. The number of carbonyl (C=O) groups excluding carboxylic acids is 1. The fourth-order valence-corrected chi connectivity index (χ4v) is 1.69. The van der Waals surface area contributed by atoms with Crippen LogP contribution in [0.5, 0.6) is 11.5 Å². The fraction of sp³-hybridized carbons (Fsp3) is 0.500. The third kappa shape index (κ3) is 6.47. The molecule has 0 atom stereocenters. The van der Waals surface area contributed by atoms with Gasteiger partial charge in [0, 0.05) is 11.1 Å². The molecule has 0 aliphatic carbocycles. The summed E-state index contributed by atoms with van der Waals surface area (Å²) in [6.45, 7) is 8.06. The summed E-state index contributed by atoms with van der Waals surface area (Å²) in [6.07, 6.45) is 1.52. The van der Waals surface area contributed by atoms with Gasteiger partial charge in [0.05, 0.1) is 19.9 Å². The van der Waals surface area contributed by atoms with Crippen molar-refractivity contribution in [1.82, 2.24) is 5.32 Å². The first-order valence-electron chi connectivity index (χ1n) is 7.13. The number of oxime groups is 1. The number of amides is 1. The molecule has 1 amide bonds. The SMILES string of the molecule is CCOc1ccc(/C=N\OCC(=O)NC(C)(C)C)cc1OC. The van der Waals surface area contributed by atoms with E-state index >= 15 is 0 Å². The molecule has 6 nitrogen and oxygen atoms in total. The molecule has 1 aromatic carbocycles. The second-order valence-electron chi connectivity index (χ2n) is 5.65. The molecule has 0 aliphatic rings.